The van der Waals surface area contributed by atoms with E-state index < -0.39 is 0 Å². The van der Waals surface area contributed by atoms with Crippen LogP contribution in [0.2, 0.25) is 0 Å². The van der Waals surface area contributed by atoms with Gasteiger partial charge in [0, 0.05) is 18.8 Å². The largest absolute Gasteiger partial charge is 0.394 e. The van der Waals surface area contributed by atoms with Crippen molar-refractivity contribution < 1.29 is 5.11 Å². The van der Waals surface area contributed by atoms with Crippen LogP contribution in [0.3, 0.4) is 0 Å². The normalized spacial score (nSPS) is 10.3. The van der Waals surface area contributed by atoms with Gasteiger partial charge in [0.15, 0.2) is 0 Å². The molecule has 0 amide bonds. The summed E-state index contributed by atoms with van der Waals surface area (Å²) >= 11 is 0. The Kier molecular flexibility index (Phi) is 5.85. The van der Waals surface area contributed by atoms with Crippen LogP contribution in [-0.4, -0.2) is 31.3 Å². The third kappa shape index (κ3) is 3.71. The lowest BCUT2D eigenvalue weighted by Gasteiger charge is -2.07. The number of aliphatic hydroxyl groups is 1. The van der Waals surface area contributed by atoms with Gasteiger partial charge in [0.1, 0.15) is 5.82 Å². The van der Waals surface area contributed by atoms with Gasteiger partial charge in [-0.15, -0.1) is 12.4 Å². The summed E-state index contributed by atoms with van der Waals surface area (Å²) in [4.78, 5) is 0. The van der Waals surface area contributed by atoms with Gasteiger partial charge in [-0.05, 0) is 19.4 Å². The second kappa shape index (κ2) is 7.16. The quantitative estimate of drug-likeness (QED) is 0.843. The van der Waals surface area contributed by atoms with E-state index in [2.05, 4.69) is 29.4 Å². The first-order chi connectivity index (χ1) is 8.74. The molecule has 2 aromatic rings. The minimum atomic E-state index is 0. The Morgan fingerprint density at radius 2 is 2.21 bits per heavy atom. The highest BCUT2D eigenvalue weighted by Gasteiger charge is 2.06. The minimum absolute atomic E-state index is 0. The van der Waals surface area contributed by atoms with E-state index in [1.165, 1.54) is 11.3 Å². The summed E-state index contributed by atoms with van der Waals surface area (Å²) in [5.41, 5.74) is 2.35. The summed E-state index contributed by atoms with van der Waals surface area (Å²) in [6, 6.07) is 1.90. The molecule has 0 aliphatic heterocycles. The molecule has 0 bridgehead atoms. The Bertz CT molecular complexity index is 508. The summed E-state index contributed by atoms with van der Waals surface area (Å²) in [5.74, 6) is 0.812. The van der Waals surface area contributed by atoms with E-state index in [1.807, 2.05) is 23.1 Å². The molecular formula is C12H20ClN5O. The molecule has 0 radical (unpaired) electrons. The number of hydrogen-bond acceptors (Lipinski definition) is 4. The fourth-order valence-corrected chi connectivity index (χ4v) is 1.86. The van der Waals surface area contributed by atoms with Crippen molar-refractivity contribution in [1.82, 2.24) is 19.6 Å². The first-order valence-corrected chi connectivity index (χ1v) is 6.14. The van der Waals surface area contributed by atoms with Crippen LogP contribution in [0.1, 0.15) is 18.2 Å². The smallest absolute Gasteiger partial charge is 0.148 e. The SMILES string of the molecule is CCn1ncc(C)c1CNc1ccn(CCO)n1.Cl. The fraction of sp³-hybridized carbons (Fsp3) is 0.500. The van der Waals surface area contributed by atoms with Crippen molar-refractivity contribution in [1.29, 1.82) is 0 Å². The molecule has 2 N–H and O–H groups in total. The zero-order chi connectivity index (χ0) is 13.0. The van der Waals surface area contributed by atoms with Gasteiger partial charge in [0.25, 0.3) is 0 Å². The molecule has 0 saturated heterocycles. The lowest BCUT2D eigenvalue weighted by atomic mass is 10.3. The summed E-state index contributed by atoms with van der Waals surface area (Å²) in [6.07, 6.45) is 3.73. The molecule has 6 nitrogen and oxygen atoms in total. The molecule has 2 heterocycles. The molecular weight excluding hydrogens is 266 g/mol. The standard InChI is InChI=1S/C12H19N5O.ClH/c1-3-17-11(10(2)8-14-17)9-13-12-4-5-16(15-12)6-7-18;/h4-5,8,18H,3,6-7,9H2,1-2H3,(H,13,15);1H. The van der Waals surface area contributed by atoms with Crippen LogP contribution in [0, 0.1) is 6.92 Å². The molecule has 106 valence electrons. The Labute approximate surface area is 118 Å². The summed E-state index contributed by atoms with van der Waals surface area (Å²) in [5, 5.41) is 20.7. The number of anilines is 1. The zero-order valence-electron chi connectivity index (χ0n) is 11.2. The van der Waals surface area contributed by atoms with Gasteiger partial charge in [0.05, 0.1) is 31.6 Å². The van der Waals surface area contributed by atoms with Crippen molar-refractivity contribution in [2.24, 2.45) is 0 Å². The number of aromatic nitrogens is 4. The molecule has 19 heavy (non-hydrogen) atoms. The van der Waals surface area contributed by atoms with Gasteiger partial charge in [-0.25, -0.2) is 0 Å². The van der Waals surface area contributed by atoms with Gasteiger partial charge in [-0.2, -0.15) is 10.2 Å². The second-order valence-corrected chi connectivity index (χ2v) is 4.13. The van der Waals surface area contributed by atoms with Crippen LogP contribution < -0.4 is 5.32 Å². The first-order valence-electron chi connectivity index (χ1n) is 6.14. The maximum absolute atomic E-state index is 8.82. The van der Waals surface area contributed by atoms with Crippen LogP contribution in [0.25, 0.3) is 0 Å². The Morgan fingerprint density at radius 3 is 2.89 bits per heavy atom. The molecule has 0 spiro atoms. The van der Waals surface area contributed by atoms with Crippen LogP contribution in [0.15, 0.2) is 18.5 Å². The maximum Gasteiger partial charge on any atom is 0.148 e. The van der Waals surface area contributed by atoms with Gasteiger partial charge in [0.2, 0.25) is 0 Å². The summed E-state index contributed by atoms with van der Waals surface area (Å²) in [6.45, 7) is 6.32. The molecule has 0 aromatic carbocycles. The van der Waals surface area contributed by atoms with Crippen LogP contribution in [0.5, 0.6) is 0 Å². The number of hydrogen-bond donors (Lipinski definition) is 2. The monoisotopic (exact) mass is 285 g/mol. The second-order valence-electron chi connectivity index (χ2n) is 4.13. The topological polar surface area (TPSA) is 67.9 Å². The lowest BCUT2D eigenvalue weighted by molar-refractivity contribution is 0.269. The average molecular weight is 286 g/mol. The number of aliphatic hydroxyl groups excluding tert-OH is 1. The molecule has 0 fully saturated rings. The van der Waals surface area contributed by atoms with Crippen LogP contribution in [-0.2, 0) is 19.6 Å². The van der Waals surface area contributed by atoms with E-state index in [0.717, 1.165) is 12.4 Å². The molecule has 0 unspecified atom stereocenters. The first kappa shape index (κ1) is 15.5. The minimum Gasteiger partial charge on any atom is -0.394 e. The fourth-order valence-electron chi connectivity index (χ4n) is 1.86. The van der Waals surface area contributed by atoms with Crippen molar-refractivity contribution in [2.45, 2.75) is 33.5 Å². The lowest BCUT2D eigenvalue weighted by Crippen LogP contribution is -2.10. The molecule has 7 heteroatoms. The molecule has 2 aromatic heterocycles. The Hall–Kier alpha value is -1.53. The number of nitrogens with one attached hydrogen (secondary N) is 1. The highest BCUT2D eigenvalue weighted by molar-refractivity contribution is 5.85. The van der Waals surface area contributed by atoms with Crippen molar-refractivity contribution in [3.8, 4) is 0 Å². The van der Waals surface area contributed by atoms with Crippen LogP contribution in [0.4, 0.5) is 5.82 Å². The zero-order valence-corrected chi connectivity index (χ0v) is 12.0. The third-order valence-electron chi connectivity index (χ3n) is 2.86. The molecule has 0 atom stereocenters. The maximum atomic E-state index is 8.82. The highest BCUT2D eigenvalue weighted by atomic mass is 35.5. The van der Waals surface area contributed by atoms with E-state index in [9.17, 15) is 0 Å². The number of nitrogens with zero attached hydrogens (tertiary/aromatic N) is 4. The van der Waals surface area contributed by atoms with Gasteiger partial charge < -0.3 is 10.4 Å². The van der Waals surface area contributed by atoms with Crippen molar-refractivity contribution in [3.63, 3.8) is 0 Å². The van der Waals surface area contributed by atoms with Crippen molar-refractivity contribution in [3.05, 3.63) is 29.7 Å². The summed E-state index contributed by atoms with van der Waals surface area (Å²) < 4.78 is 3.69. The van der Waals surface area contributed by atoms with Crippen molar-refractivity contribution >= 4 is 18.2 Å². The molecule has 2 rings (SSSR count). The predicted octanol–water partition coefficient (Wildman–Crippen LogP) is 1.43. The van der Waals surface area contributed by atoms with E-state index >= 15 is 0 Å². The van der Waals surface area contributed by atoms with E-state index in [4.69, 9.17) is 5.11 Å². The van der Waals surface area contributed by atoms with Gasteiger partial charge in [-0.1, -0.05) is 0 Å². The summed E-state index contributed by atoms with van der Waals surface area (Å²) in [7, 11) is 0. The average Bonchev–Trinajstić information content (AvgIpc) is 2.94. The third-order valence-corrected chi connectivity index (χ3v) is 2.86. The number of aryl methyl sites for hydroxylation is 2. The molecule has 0 aliphatic carbocycles. The number of rotatable bonds is 6. The van der Waals surface area contributed by atoms with Crippen molar-refractivity contribution in [2.75, 3.05) is 11.9 Å². The van der Waals surface area contributed by atoms with Gasteiger partial charge in [-0.3, -0.25) is 9.36 Å². The Morgan fingerprint density at radius 1 is 1.42 bits per heavy atom. The molecule has 0 saturated carbocycles. The van der Waals surface area contributed by atoms with Gasteiger partial charge >= 0.3 is 0 Å². The predicted molar refractivity (Wildman–Crippen MR) is 76.5 cm³/mol. The van der Waals surface area contributed by atoms with Crippen LogP contribution >= 0.6 is 12.4 Å². The van der Waals surface area contributed by atoms with E-state index in [1.54, 1.807) is 4.68 Å². The molecule has 0 aliphatic rings. The Balaban J connectivity index is 0.00000180. The van der Waals surface area contributed by atoms with E-state index in [-0.39, 0.29) is 19.0 Å². The van der Waals surface area contributed by atoms with E-state index in [0.29, 0.717) is 13.1 Å². The highest BCUT2D eigenvalue weighted by Crippen LogP contribution is 2.10. The number of halogens is 1.